The number of nitrogens with two attached hydrogens (primary N) is 1. The third kappa shape index (κ3) is 2.35. The zero-order chi connectivity index (χ0) is 12.6. The Labute approximate surface area is 108 Å². The van der Waals surface area contributed by atoms with Crippen molar-refractivity contribution in [1.82, 2.24) is 0 Å². The van der Waals surface area contributed by atoms with E-state index in [9.17, 15) is 0 Å². The van der Waals surface area contributed by atoms with E-state index in [1.807, 2.05) is 13.0 Å². The summed E-state index contributed by atoms with van der Waals surface area (Å²) in [4.78, 5) is 0. The molecule has 2 nitrogen and oxygen atoms in total. The fraction of sp³-hybridized carbons (Fsp3) is 0.571. The number of rotatable bonds is 2. The van der Waals surface area contributed by atoms with Crippen LogP contribution in [-0.4, -0.2) is 12.2 Å². The van der Waals surface area contributed by atoms with Gasteiger partial charge >= 0.3 is 0 Å². The van der Waals surface area contributed by atoms with E-state index in [0.717, 1.165) is 41.2 Å². The molecule has 1 fully saturated rings. The SMILES string of the molecule is Cc1cc(C(N)C2(C)CCCO2)c(C)cc1Cl. The van der Waals surface area contributed by atoms with E-state index in [1.165, 1.54) is 0 Å². The largest absolute Gasteiger partial charge is 0.373 e. The fourth-order valence-electron chi connectivity index (χ4n) is 2.51. The first-order valence-corrected chi connectivity index (χ1v) is 6.48. The summed E-state index contributed by atoms with van der Waals surface area (Å²) in [6.07, 6.45) is 2.12. The van der Waals surface area contributed by atoms with Crippen LogP contribution in [-0.2, 0) is 4.74 Å². The molecule has 1 saturated heterocycles. The predicted molar refractivity (Wildman–Crippen MR) is 71.4 cm³/mol. The first-order valence-electron chi connectivity index (χ1n) is 6.10. The van der Waals surface area contributed by atoms with Crippen LogP contribution in [0.2, 0.25) is 5.02 Å². The van der Waals surface area contributed by atoms with Crippen molar-refractivity contribution >= 4 is 11.6 Å². The molecule has 0 radical (unpaired) electrons. The summed E-state index contributed by atoms with van der Waals surface area (Å²) in [5.41, 5.74) is 9.52. The summed E-state index contributed by atoms with van der Waals surface area (Å²) in [6, 6.07) is 4.00. The van der Waals surface area contributed by atoms with Crippen molar-refractivity contribution in [2.45, 2.75) is 45.3 Å². The summed E-state index contributed by atoms with van der Waals surface area (Å²) in [6.45, 7) is 6.98. The topological polar surface area (TPSA) is 35.2 Å². The van der Waals surface area contributed by atoms with Crippen LogP contribution in [0.25, 0.3) is 0 Å². The quantitative estimate of drug-likeness (QED) is 0.875. The Morgan fingerprint density at radius 3 is 2.65 bits per heavy atom. The molecule has 1 aliphatic heterocycles. The Bertz CT molecular complexity index is 424. The van der Waals surface area contributed by atoms with Crippen molar-refractivity contribution in [2.24, 2.45) is 5.73 Å². The molecular weight excluding hydrogens is 234 g/mol. The van der Waals surface area contributed by atoms with Crippen LogP contribution in [0.5, 0.6) is 0 Å². The van der Waals surface area contributed by atoms with Gasteiger partial charge in [0.2, 0.25) is 0 Å². The van der Waals surface area contributed by atoms with Crippen molar-refractivity contribution in [3.05, 3.63) is 33.8 Å². The highest BCUT2D eigenvalue weighted by Crippen LogP contribution is 2.37. The van der Waals surface area contributed by atoms with Crippen molar-refractivity contribution in [3.8, 4) is 0 Å². The Kier molecular flexibility index (Phi) is 3.48. The van der Waals surface area contributed by atoms with Gasteiger partial charge < -0.3 is 10.5 Å². The molecule has 0 saturated carbocycles. The zero-order valence-electron chi connectivity index (χ0n) is 10.7. The smallest absolute Gasteiger partial charge is 0.0847 e. The van der Waals surface area contributed by atoms with Gasteiger partial charge in [0.25, 0.3) is 0 Å². The molecule has 1 aromatic rings. The van der Waals surface area contributed by atoms with Gasteiger partial charge in [-0.15, -0.1) is 0 Å². The molecule has 0 bridgehead atoms. The van der Waals surface area contributed by atoms with E-state index >= 15 is 0 Å². The van der Waals surface area contributed by atoms with Gasteiger partial charge in [-0.05, 0) is 56.4 Å². The normalized spacial score (nSPS) is 26.2. The first kappa shape index (κ1) is 12.9. The Morgan fingerprint density at radius 2 is 2.06 bits per heavy atom. The van der Waals surface area contributed by atoms with Crippen LogP contribution >= 0.6 is 11.6 Å². The van der Waals surface area contributed by atoms with Gasteiger partial charge in [-0.1, -0.05) is 17.7 Å². The molecule has 0 aromatic heterocycles. The minimum atomic E-state index is -0.231. The van der Waals surface area contributed by atoms with Gasteiger partial charge in [-0.3, -0.25) is 0 Å². The van der Waals surface area contributed by atoms with Crippen molar-refractivity contribution in [3.63, 3.8) is 0 Å². The van der Waals surface area contributed by atoms with Crippen molar-refractivity contribution in [1.29, 1.82) is 0 Å². The molecule has 1 heterocycles. The minimum Gasteiger partial charge on any atom is -0.373 e. The maximum atomic E-state index is 6.39. The number of benzene rings is 1. The maximum absolute atomic E-state index is 6.39. The molecule has 17 heavy (non-hydrogen) atoms. The third-order valence-corrected chi connectivity index (χ3v) is 4.20. The van der Waals surface area contributed by atoms with Gasteiger partial charge in [0.05, 0.1) is 11.6 Å². The summed E-state index contributed by atoms with van der Waals surface area (Å²) >= 11 is 6.11. The number of hydrogen-bond acceptors (Lipinski definition) is 2. The number of aryl methyl sites for hydroxylation is 2. The lowest BCUT2D eigenvalue weighted by molar-refractivity contribution is -0.00189. The van der Waals surface area contributed by atoms with Crippen LogP contribution in [0, 0.1) is 13.8 Å². The molecule has 0 aliphatic carbocycles. The average Bonchev–Trinajstić information content (AvgIpc) is 2.71. The Morgan fingerprint density at radius 1 is 1.35 bits per heavy atom. The van der Waals surface area contributed by atoms with Gasteiger partial charge in [0, 0.05) is 11.6 Å². The van der Waals surface area contributed by atoms with E-state index in [0.29, 0.717) is 0 Å². The van der Waals surface area contributed by atoms with E-state index in [2.05, 4.69) is 19.9 Å². The molecular formula is C14H20ClNO. The summed E-state index contributed by atoms with van der Waals surface area (Å²) < 4.78 is 5.82. The second kappa shape index (κ2) is 4.60. The number of hydrogen-bond donors (Lipinski definition) is 1. The highest BCUT2D eigenvalue weighted by atomic mass is 35.5. The number of halogens is 1. The zero-order valence-corrected chi connectivity index (χ0v) is 11.5. The second-order valence-electron chi connectivity index (χ2n) is 5.20. The molecule has 94 valence electrons. The van der Waals surface area contributed by atoms with Gasteiger partial charge in [0.1, 0.15) is 0 Å². The minimum absolute atomic E-state index is 0.0824. The first-order chi connectivity index (χ1) is 7.94. The van der Waals surface area contributed by atoms with Crippen LogP contribution in [0.1, 0.15) is 42.5 Å². The molecule has 1 aromatic carbocycles. The number of ether oxygens (including phenoxy) is 1. The summed E-state index contributed by atoms with van der Waals surface area (Å²) in [5, 5.41) is 0.802. The summed E-state index contributed by atoms with van der Waals surface area (Å²) in [5.74, 6) is 0. The maximum Gasteiger partial charge on any atom is 0.0847 e. The molecule has 3 heteroatoms. The monoisotopic (exact) mass is 253 g/mol. The highest BCUT2D eigenvalue weighted by Gasteiger charge is 2.37. The Balaban J connectivity index is 2.36. The molecule has 1 aliphatic rings. The lowest BCUT2D eigenvalue weighted by Gasteiger charge is -2.32. The lowest BCUT2D eigenvalue weighted by atomic mass is 9.86. The standard InChI is InChI=1S/C14H20ClNO/c1-9-8-12(15)10(2)7-11(9)13(16)14(3)5-4-6-17-14/h7-8,13H,4-6,16H2,1-3H3. The second-order valence-corrected chi connectivity index (χ2v) is 5.61. The van der Waals surface area contributed by atoms with Crippen LogP contribution in [0.4, 0.5) is 0 Å². The molecule has 2 N–H and O–H groups in total. The van der Waals surface area contributed by atoms with Gasteiger partial charge in [-0.25, -0.2) is 0 Å². The van der Waals surface area contributed by atoms with E-state index in [4.69, 9.17) is 22.1 Å². The van der Waals surface area contributed by atoms with E-state index in [-0.39, 0.29) is 11.6 Å². The van der Waals surface area contributed by atoms with Crippen LogP contribution in [0.3, 0.4) is 0 Å². The third-order valence-electron chi connectivity index (χ3n) is 3.79. The van der Waals surface area contributed by atoms with Crippen molar-refractivity contribution < 1.29 is 4.74 Å². The van der Waals surface area contributed by atoms with Gasteiger partial charge in [-0.2, -0.15) is 0 Å². The fourth-order valence-corrected chi connectivity index (χ4v) is 2.73. The van der Waals surface area contributed by atoms with Crippen LogP contribution in [0.15, 0.2) is 12.1 Å². The van der Waals surface area contributed by atoms with E-state index < -0.39 is 0 Å². The van der Waals surface area contributed by atoms with Gasteiger partial charge in [0.15, 0.2) is 0 Å². The Hall–Kier alpha value is -0.570. The lowest BCUT2D eigenvalue weighted by Crippen LogP contribution is -2.38. The molecule has 2 atom stereocenters. The predicted octanol–water partition coefficient (Wildman–Crippen LogP) is 3.53. The molecule has 0 amide bonds. The summed E-state index contributed by atoms with van der Waals surface area (Å²) in [7, 11) is 0. The van der Waals surface area contributed by atoms with E-state index in [1.54, 1.807) is 0 Å². The average molecular weight is 254 g/mol. The van der Waals surface area contributed by atoms with Crippen LogP contribution < -0.4 is 5.73 Å². The van der Waals surface area contributed by atoms with Crippen molar-refractivity contribution in [2.75, 3.05) is 6.61 Å². The molecule has 2 unspecified atom stereocenters. The molecule has 2 rings (SSSR count). The molecule has 0 spiro atoms. The highest BCUT2D eigenvalue weighted by molar-refractivity contribution is 6.31.